The zero-order valence-corrected chi connectivity index (χ0v) is 18.7. The van der Waals surface area contributed by atoms with E-state index < -0.39 is 11.9 Å². The van der Waals surface area contributed by atoms with E-state index in [0.717, 1.165) is 17.3 Å². The largest absolute Gasteiger partial charge is 0.506 e. The maximum atomic E-state index is 12.6. The van der Waals surface area contributed by atoms with E-state index in [-0.39, 0.29) is 23.0 Å². The van der Waals surface area contributed by atoms with Gasteiger partial charge in [0, 0.05) is 5.56 Å². The minimum absolute atomic E-state index is 0.0763. The number of nitrogens with zero attached hydrogens (tertiary/aromatic N) is 1. The molecule has 0 aromatic heterocycles. The van der Waals surface area contributed by atoms with Gasteiger partial charge in [0.05, 0.1) is 23.6 Å². The molecular weight excluding hydrogens is 438 g/mol. The molecule has 1 amide bonds. The summed E-state index contributed by atoms with van der Waals surface area (Å²) in [5.74, 6) is -1.06. The van der Waals surface area contributed by atoms with Crippen LogP contribution in [0.15, 0.2) is 63.7 Å². The number of hydrogen-bond donors (Lipinski definition) is 1. The van der Waals surface area contributed by atoms with Crippen LogP contribution in [0, 0.1) is 6.92 Å². The molecule has 0 saturated heterocycles. The Morgan fingerprint density at radius 1 is 1.19 bits per heavy atom. The lowest BCUT2D eigenvalue weighted by molar-refractivity contribution is -0.138. The highest BCUT2D eigenvalue weighted by Crippen LogP contribution is 2.40. The Kier molecular flexibility index (Phi) is 7.20. The van der Waals surface area contributed by atoms with Crippen LogP contribution in [0.1, 0.15) is 28.4 Å². The molecular formula is C23H20ClNO5S. The average molecular weight is 458 g/mol. The number of aryl methyl sites for hydroxylation is 1. The number of amides is 1. The molecule has 1 aliphatic heterocycles. The summed E-state index contributed by atoms with van der Waals surface area (Å²) in [6.45, 7) is 3.68. The van der Waals surface area contributed by atoms with Crippen molar-refractivity contribution in [1.29, 1.82) is 0 Å². The highest BCUT2D eigenvalue weighted by molar-refractivity contribution is 8.18. The number of rotatable bonds is 5. The van der Waals surface area contributed by atoms with E-state index >= 15 is 0 Å². The van der Waals surface area contributed by atoms with Crippen molar-refractivity contribution in [3.63, 3.8) is 0 Å². The van der Waals surface area contributed by atoms with Crippen molar-refractivity contribution < 1.29 is 24.2 Å². The molecule has 0 spiro atoms. The number of carbonyl (C=O) groups is 2. The molecule has 0 saturated carbocycles. The number of aliphatic hydroxyl groups excluding tert-OH is 1. The Labute approximate surface area is 189 Å². The number of thioether (sulfide) groups is 1. The standard InChI is InChI=1S/C23H20ClNO5S/c1-4-30-23(28)19-20(26)18(12-14-7-10-17(29-3)16(24)11-14)31-22(19)25-21(27)15-8-5-13(2)6-9-15/h5-12,26H,4H2,1-3H3. The van der Waals surface area contributed by atoms with Gasteiger partial charge in [-0.1, -0.05) is 47.1 Å². The summed E-state index contributed by atoms with van der Waals surface area (Å²) in [5, 5.41) is 11.2. The van der Waals surface area contributed by atoms with E-state index in [4.69, 9.17) is 21.1 Å². The zero-order valence-electron chi connectivity index (χ0n) is 17.1. The summed E-state index contributed by atoms with van der Waals surface area (Å²) >= 11 is 7.18. The van der Waals surface area contributed by atoms with E-state index in [9.17, 15) is 14.7 Å². The number of ether oxygens (including phenoxy) is 2. The van der Waals surface area contributed by atoms with Crippen LogP contribution in [0.3, 0.4) is 0 Å². The van der Waals surface area contributed by atoms with Crippen molar-refractivity contribution >= 4 is 46.4 Å². The molecule has 1 aliphatic rings. The fourth-order valence-electron chi connectivity index (χ4n) is 2.77. The van der Waals surface area contributed by atoms with Gasteiger partial charge in [0.2, 0.25) is 0 Å². The van der Waals surface area contributed by atoms with Crippen LogP contribution in [0.4, 0.5) is 0 Å². The molecule has 31 heavy (non-hydrogen) atoms. The number of benzene rings is 2. The van der Waals surface area contributed by atoms with E-state index in [2.05, 4.69) is 4.99 Å². The Balaban J connectivity index is 2.00. The number of carbonyl (C=O) groups excluding carboxylic acids is 2. The van der Waals surface area contributed by atoms with Crippen molar-refractivity contribution in [3.05, 3.63) is 80.4 Å². The smallest absolute Gasteiger partial charge is 0.344 e. The van der Waals surface area contributed by atoms with Gasteiger partial charge in [-0.15, -0.1) is 0 Å². The SMILES string of the molecule is CCOC(=O)C1=C(O)C(=Cc2ccc(OC)c(Cl)c2)SC1=NC(=O)c1ccc(C)cc1. The van der Waals surface area contributed by atoms with E-state index in [1.807, 2.05) is 6.92 Å². The first-order valence-electron chi connectivity index (χ1n) is 9.38. The van der Waals surface area contributed by atoms with Crippen molar-refractivity contribution in [2.45, 2.75) is 13.8 Å². The Morgan fingerprint density at radius 3 is 2.52 bits per heavy atom. The Bertz CT molecular complexity index is 1120. The molecule has 6 nitrogen and oxygen atoms in total. The third kappa shape index (κ3) is 5.18. The molecule has 1 N–H and O–H groups in total. The average Bonchev–Trinajstić information content (AvgIpc) is 3.03. The summed E-state index contributed by atoms with van der Waals surface area (Å²) in [7, 11) is 1.51. The second-order valence-corrected chi connectivity index (χ2v) is 7.97. The summed E-state index contributed by atoms with van der Waals surface area (Å²) in [5.41, 5.74) is 1.92. The Morgan fingerprint density at radius 2 is 1.90 bits per heavy atom. The maximum Gasteiger partial charge on any atom is 0.344 e. The second kappa shape index (κ2) is 9.85. The van der Waals surface area contributed by atoms with Gasteiger partial charge in [-0.2, -0.15) is 0 Å². The molecule has 8 heteroatoms. The van der Waals surface area contributed by atoms with Crippen molar-refractivity contribution in [3.8, 4) is 5.75 Å². The molecule has 0 unspecified atom stereocenters. The van der Waals surface area contributed by atoms with Crippen molar-refractivity contribution in [1.82, 2.24) is 0 Å². The van der Waals surface area contributed by atoms with Crippen molar-refractivity contribution in [2.24, 2.45) is 4.99 Å². The number of methoxy groups -OCH3 is 1. The monoisotopic (exact) mass is 457 g/mol. The van der Waals surface area contributed by atoms with Crippen molar-refractivity contribution in [2.75, 3.05) is 13.7 Å². The highest BCUT2D eigenvalue weighted by Gasteiger charge is 2.34. The van der Waals surface area contributed by atoms with Gasteiger partial charge in [-0.05, 0) is 49.8 Å². The third-order valence-corrected chi connectivity index (χ3v) is 5.66. The van der Waals surface area contributed by atoms with Gasteiger partial charge in [0.25, 0.3) is 5.91 Å². The predicted octanol–water partition coefficient (Wildman–Crippen LogP) is 5.36. The number of halogens is 1. The van der Waals surface area contributed by atoms with Gasteiger partial charge in [-0.25, -0.2) is 9.79 Å². The molecule has 0 radical (unpaired) electrons. The molecule has 3 rings (SSSR count). The molecule has 0 bridgehead atoms. The maximum absolute atomic E-state index is 12.6. The molecule has 0 fully saturated rings. The fraction of sp³-hybridized carbons (Fsp3) is 0.174. The topological polar surface area (TPSA) is 85.2 Å². The van der Waals surface area contributed by atoms with Crippen LogP contribution in [0.5, 0.6) is 5.75 Å². The number of esters is 1. The van der Waals surface area contributed by atoms with Gasteiger partial charge in [0.1, 0.15) is 22.1 Å². The quantitative estimate of drug-likeness (QED) is 0.608. The van der Waals surface area contributed by atoms with Crippen LogP contribution in [-0.4, -0.2) is 35.7 Å². The summed E-state index contributed by atoms with van der Waals surface area (Å²) in [6.07, 6.45) is 1.64. The number of hydrogen-bond acceptors (Lipinski definition) is 6. The molecule has 2 aromatic rings. The summed E-state index contributed by atoms with van der Waals surface area (Å²) in [4.78, 5) is 29.5. The van der Waals surface area contributed by atoms with Gasteiger partial charge in [-0.3, -0.25) is 4.79 Å². The third-order valence-electron chi connectivity index (χ3n) is 4.35. The molecule has 1 heterocycles. The van der Waals surface area contributed by atoms with E-state index in [0.29, 0.717) is 26.8 Å². The molecule has 0 atom stereocenters. The van der Waals surface area contributed by atoms with Crippen LogP contribution in [0.25, 0.3) is 6.08 Å². The lowest BCUT2D eigenvalue weighted by Crippen LogP contribution is -2.14. The van der Waals surface area contributed by atoms with Crippen LogP contribution < -0.4 is 4.74 Å². The number of aliphatic imine (C=N–C) groups is 1. The zero-order chi connectivity index (χ0) is 22.5. The minimum atomic E-state index is -0.751. The van der Waals surface area contributed by atoms with E-state index in [1.54, 1.807) is 55.5 Å². The number of aliphatic hydroxyl groups is 1. The Hall–Kier alpha value is -3.03. The first-order chi connectivity index (χ1) is 14.8. The van der Waals surface area contributed by atoms with Crippen LogP contribution in [0.2, 0.25) is 5.02 Å². The predicted molar refractivity (Wildman–Crippen MR) is 123 cm³/mol. The van der Waals surface area contributed by atoms with Gasteiger partial charge < -0.3 is 14.6 Å². The summed E-state index contributed by atoms with van der Waals surface area (Å²) < 4.78 is 10.2. The van der Waals surface area contributed by atoms with Crippen LogP contribution in [-0.2, 0) is 9.53 Å². The first-order valence-corrected chi connectivity index (χ1v) is 10.6. The first kappa shape index (κ1) is 22.7. The van der Waals surface area contributed by atoms with Gasteiger partial charge in [0.15, 0.2) is 0 Å². The second-order valence-electron chi connectivity index (χ2n) is 6.54. The molecule has 160 valence electrons. The fourth-order valence-corrected chi connectivity index (χ4v) is 4.05. The highest BCUT2D eigenvalue weighted by atomic mass is 35.5. The minimum Gasteiger partial charge on any atom is -0.506 e. The van der Waals surface area contributed by atoms with Crippen LogP contribution >= 0.6 is 23.4 Å². The normalized spacial score (nSPS) is 16.1. The van der Waals surface area contributed by atoms with Gasteiger partial charge >= 0.3 is 5.97 Å². The lowest BCUT2D eigenvalue weighted by atomic mass is 10.1. The summed E-state index contributed by atoms with van der Waals surface area (Å²) in [6, 6.07) is 12.0. The molecule has 0 aliphatic carbocycles. The lowest BCUT2D eigenvalue weighted by Gasteiger charge is -2.04. The molecule has 2 aromatic carbocycles. The van der Waals surface area contributed by atoms with E-state index in [1.165, 1.54) is 7.11 Å².